The molecule has 2 heterocycles. The summed E-state index contributed by atoms with van der Waals surface area (Å²) in [5, 5.41) is 0.574. The SMILES string of the molecule is COc1ncccc1-c1cc(C)cc2sc(N)nc12. The van der Waals surface area contributed by atoms with Crippen LogP contribution in [0.2, 0.25) is 0 Å². The van der Waals surface area contributed by atoms with Crippen molar-refractivity contribution in [2.75, 3.05) is 12.8 Å². The van der Waals surface area contributed by atoms with Crippen molar-refractivity contribution < 1.29 is 4.74 Å². The van der Waals surface area contributed by atoms with Crippen molar-refractivity contribution in [1.29, 1.82) is 0 Å². The molecule has 2 N–H and O–H groups in total. The molecule has 0 fully saturated rings. The quantitative estimate of drug-likeness (QED) is 0.777. The number of aromatic nitrogens is 2. The first-order valence-electron chi connectivity index (χ1n) is 5.85. The first-order valence-corrected chi connectivity index (χ1v) is 6.66. The monoisotopic (exact) mass is 271 g/mol. The van der Waals surface area contributed by atoms with E-state index in [0.717, 1.165) is 26.9 Å². The first-order chi connectivity index (χ1) is 9.19. The molecule has 0 aliphatic heterocycles. The van der Waals surface area contributed by atoms with Crippen LogP contribution in [0.25, 0.3) is 21.3 Å². The van der Waals surface area contributed by atoms with Crippen LogP contribution in [0.1, 0.15) is 5.56 Å². The molecule has 0 saturated heterocycles. The number of methoxy groups -OCH3 is 1. The number of rotatable bonds is 2. The highest BCUT2D eigenvalue weighted by Crippen LogP contribution is 2.36. The summed E-state index contributed by atoms with van der Waals surface area (Å²) in [5.41, 5.74) is 9.83. The molecule has 0 saturated carbocycles. The number of benzene rings is 1. The van der Waals surface area contributed by atoms with E-state index in [1.807, 2.05) is 12.1 Å². The lowest BCUT2D eigenvalue weighted by molar-refractivity contribution is 0.400. The van der Waals surface area contributed by atoms with Crippen LogP contribution in [0, 0.1) is 6.92 Å². The zero-order valence-electron chi connectivity index (χ0n) is 10.7. The van der Waals surface area contributed by atoms with E-state index in [4.69, 9.17) is 10.5 Å². The van der Waals surface area contributed by atoms with Crippen LogP contribution >= 0.6 is 11.3 Å². The minimum absolute atomic E-state index is 0.574. The van der Waals surface area contributed by atoms with Gasteiger partial charge < -0.3 is 10.5 Å². The molecule has 1 aromatic carbocycles. The second-order valence-corrected chi connectivity index (χ2v) is 5.33. The Labute approximate surface area is 114 Å². The van der Waals surface area contributed by atoms with Crippen LogP contribution in [-0.4, -0.2) is 17.1 Å². The third-order valence-electron chi connectivity index (χ3n) is 2.91. The molecule has 0 amide bonds. The van der Waals surface area contributed by atoms with Crippen molar-refractivity contribution in [3.63, 3.8) is 0 Å². The van der Waals surface area contributed by atoms with Gasteiger partial charge >= 0.3 is 0 Å². The molecular formula is C14H13N3OS. The molecule has 0 spiro atoms. The van der Waals surface area contributed by atoms with Crippen molar-refractivity contribution in [2.24, 2.45) is 0 Å². The summed E-state index contributed by atoms with van der Waals surface area (Å²) in [6.45, 7) is 2.06. The predicted molar refractivity (Wildman–Crippen MR) is 78.6 cm³/mol. The third-order valence-corrected chi connectivity index (χ3v) is 3.74. The number of fused-ring (bicyclic) bond motifs is 1. The Balaban J connectivity index is 2.35. The van der Waals surface area contributed by atoms with Gasteiger partial charge in [0.05, 0.1) is 17.3 Å². The highest BCUT2D eigenvalue weighted by molar-refractivity contribution is 7.22. The predicted octanol–water partition coefficient (Wildman–Crippen LogP) is 3.26. The third kappa shape index (κ3) is 2.02. The Bertz CT molecular complexity index is 752. The average Bonchev–Trinajstić information content (AvgIpc) is 2.77. The van der Waals surface area contributed by atoms with Crippen LogP contribution in [0.15, 0.2) is 30.5 Å². The number of pyridine rings is 1. The minimum atomic E-state index is 0.574. The van der Waals surface area contributed by atoms with E-state index < -0.39 is 0 Å². The Morgan fingerprint density at radius 3 is 2.89 bits per heavy atom. The Morgan fingerprint density at radius 2 is 2.11 bits per heavy atom. The second-order valence-electron chi connectivity index (χ2n) is 4.27. The standard InChI is InChI=1S/C14H13N3OS/c1-8-6-10(9-4-3-5-16-13(9)18-2)12-11(7-8)19-14(15)17-12/h3-7H,1-2H3,(H2,15,17). The molecule has 0 atom stereocenters. The number of nitrogens with zero attached hydrogens (tertiary/aromatic N) is 2. The number of aryl methyl sites for hydroxylation is 1. The molecule has 0 aliphatic rings. The van der Waals surface area contributed by atoms with Gasteiger partial charge in [0.2, 0.25) is 5.88 Å². The summed E-state index contributed by atoms with van der Waals surface area (Å²) in [5.74, 6) is 0.598. The molecule has 0 unspecified atom stereocenters. The van der Waals surface area contributed by atoms with Crippen LogP contribution in [0.4, 0.5) is 5.13 Å². The highest BCUT2D eigenvalue weighted by Gasteiger charge is 2.13. The lowest BCUT2D eigenvalue weighted by atomic mass is 10.0. The van der Waals surface area contributed by atoms with E-state index >= 15 is 0 Å². The topological polar surface area (TPSA) is 61.0 Å². The molecule has 3 aromatic rings. The molecule has 2 aromatic heterocycles. The summed E-state index contributed by atoms with van der Waals surface area (Å²) in [6.07, 6.45) is 1.71. The maximum Gasteiger partial charge on any atom is 0.221 e. The van der Waals surface area contributed by atoms with Crippen LogP contribution < -0.4 is 10.5 Å². The number of nitrogen functional groups attached to an aromatic ring is 1. The van der Waals surface area contributed by atoms with Gasteiger partial charge in [-0.25, -0.2) is 9.97 Å². The van der Waals surface area contributed by atoms with Gasteiger partial charge in [-0.05, 0) is 36.8 Å². The van der Waals surface area contributed by atoms with Crippen molar-refractivity contribution in [1.82, 2.24) is 9.97 Å². The van der Waals surface area contributed by atoms with Crippen molar-refractivity contribution in [2.45, 2.75) is 6.92 Å². The van der Waals surface area contributed by atoms with E-state index in [2.05, 4.69) is 29.0 Å². The zero-order valence-corrected chi connectivity index (χ0v) is 11.5. The normalized spacial score (nSPS) is 10.8. The van der Waals surface area contributed by atoms with Gasteiger partial charge in [0.1, 0.15) is 0 Å². The van der Waals surface area contributed by atoms with Gasteiger partial charge in [0.15, 0.2) is 5.13 Å². The van der Waals surface area contributed by atoms with E-state index in [-0.39, 0.29) is 0 Å². The van der Waals surface area contributed by atoms with Crippen LogP contribution in [0.3, 0.4) is 0 Å². The molecule has 19 heavy (non-hydrogen) atoms. The van der Waals surface area contributed by atoms with E-state index in [1.54, 1.807) is 13.3 Å². The molecule has 0 aliphatic carbocycles. The average molecular weight is 271 g/mol. The summed E-state index contributed by atoms with van der Waals surface area (Å²) in [7, 11) is 1.62. The van der Waals surface area contributed by atoms with E-state index in [9.17, 15) is 0 Å². The largest absolute Gasteiger partial charge is 0.481 e. The Hall–Kier alpha value is -2.14. The number of hydrogen-bond donors (Lipinski definition) is 1. The zero-order chi connectivity index (χ0) is 13.4. The molecule has 5 heteroatoms. The summed E-state index contributed by atoms with van der Waals surface area (Å²) in [4.78, 5) is 8.66. The lowest BCUT2D eigenvalue weighted by Crippen LogP contribution is -1.92. The van der Waals surface area contributed by atoms with Gasteiger partial charge in [-0.3, -0.25) is 0 Å². The maximum atomic E-state index is 5.82. The summed E-state index contributed by atoms with van der Waals surface area (Å²) >= 11 is 1.49. The molecule has 0 radical (unpaired) electrons. The fourth-order valence-electron chi connectivity index (χ4n) is 2.15. The number of hydrogen-bond acceptors (Lipinski definition) is 5. The fraction of sp³-hybridized carbons (Fsp3) is 0.143. The van der Waals surface area contributed by atoms with Gasteiger partial charge in [0.25, 0.3) is 0 Å². The second kappa shape index (κ2) is 4.51. The van der Waals surface area contributed by atoms with Gasteiger partial charge in [-0.1, -0.05) is 11.3 Å². The summed E-state index contributed by atoms with van der Waals surface area (Å²) < 4.78 is 6.41. The summed E-state index contributed by atoms with van der Waals surface area (Å²) in [6, 6.07) is 8.05. The van der Waals surface area contributed by atoms with Gasteiger partial charge in [0, 0.05) is 17.3 Å². The number of anilines is 1. The Morgan fingerprint density at radius 1 is 1.26 bits per heavy atom. The molecule has 4 nitrogen and oxygen atoms in total. The van der Waals surface area contributed by atoms with Crippen LogP contribution in [-0.2, 0) is 0 Å². The number of ether oxygens (including phenoxy) is 1. The van der Waals surface area contributed by atoms with E-state index in [0.29, 0.717) is 11.0 Å². The molecular weight excluding hydrogens is 258 g/mol. The fourth-order valence-corrected chi connectivity index (χ4v) is 3.01. The van der Waals surface area contributed by atoms with E-state index in [1.165, 1.54) is 11.3 Å². The Kier molecular flexibility index (Phi) is 2.83. The van der Waals surface area contributed by atoms with Crippen molar-refractivity contribution in [3.05, 3.63) is 36.0 Å². The number of thiazole rings is 1. The minimum Gasteiger partial charge on any atom is -0.481 e. The van der Waals surface area contributed by atoms with Gasteiger partial charge in [-0.2, -0.15) is 0 Å². The molecule has 3 rings (SSSR count). The van der Waals surface area contributed by atoms with Crippen LogP contribution in [0.5, 0.6) is 5.88 Å². The van der Waals surface area contributed by atoms with Gasteiger partial charge in [-0.15, -0.1) is 0 Å². The first kappa shape index (κ1) is 11.9. The molecule has 96 valence electrons. The van der Waals surface area contributed by atoms with Crippen molar-refractivity contribution >= 4 is 26.7 Å². The highest BCUT2D eigenvalue weighted by atomic mass is 32.1. The lowest BCUT2D eigenvalue weighted by Gasteiger charge is -2.08. The molecule has 0 bridgehead atoms. The maximum absolute atomic E-state index is 5.82. The van der Waals surface area contributed by atoms with Crippen molar-refractivity contribution in [3.8, 4) is 17.0 Å². The number of nitrogens with two attached hydrogens (primary N) is 1. The smallest absolute Gasteiger partial charge is 0.221 e.